The van der Waals surface area contributed by atoms with Gasteiger partial charge in [-0.2, -0.15) is 0 Å². The number of anilines is 1. The molecule has 0 unspecified atom stereocenters. The number of nitrogens with two attached hydrogens (primary N) is 1. The Bertz CT molecular complexity index is 366. The minimum Gasteiger partial charge on any atom is -0.487 e. The zero-order valence-corrected chi connectivity index (χ0v) is 9.72. The summed E-state index contributed by atoms with van der Waals surface area (Å²) in [4.78, 5) is 0. The van der Waals surface area contributed by atoms with E-state index >= 15 is 0 Å². The van der Waals surface area contributed by atoms with Gasteiger partial charge in [0.15, 0.2) is 17.4 Å². The van der Waals surface area contributed by atoms with Gasteiger partial charge in [0.05, 0.1) is 6.61 Å². The van der Waals surface area contributed by atoms with Crippen LogP contribution < -0.4 is 10.5 Å². The summed E-state index contributed by atoms with van der Waals surface area (Å²) in [7, 11) is 0. The fraction of sp³-hybridized carbons (Fsp3) is 0.538. The van der Waals surface area contributed by atoms with Gasteiger partial charge < -0.3 is 10.5 Å². The molecular weight excluding hydrogens is 224 g/mol. The molecule has 4 heteroatoms. The third kappa shape index (κ3) is 3.08. The highest BCUT2D eigenvalue weighted by atomic mass is 19.1. The van der Waals surface area contributed by atoms with Gasteiger partial charge in [-0.1, -0.05) is 19.3 Å². The maximum absolute atomic E-state index is 13.4. The van der Waals surface area contributed by atoms with Gasteiger partial charge >= 0.3 is 0 Å². The average molecular weight is 241 g/mol. The summed E-state index contributed by atoms with van der Waals surface area (Å²) in [6.07, 6.45) is 5.78. The van der Waals surface area contributed by atoms with Crippen LogP contribution in [0, 0.1) is 17.6 Å². The maximum atomic E-state index is 13.4. The van der Waals surface area contributed by atoms with Gasteiger partial charge in [0.25, 0.3) is 0 Å². The van der Waals surface area contributed by atoms with Crippen molar-refractivity contribution in [2.45, 2.75) is 32.1 Å². The highest BCUT2D eigenvalue weighted by Gasteiger charge is 2.17. The Morgan fingerprint density at radius 1 is 1.12 bits per heavy atom. The molecular formula is C13H17F2NO. The van der Waals surface area contributed by atoms with Crippen LogP contribution in [-0.2, 0) is 0 Å². The normalized spacial score (nSPS) is 17.1. The highest BCUT2D eigenvalue weighted by Crippen LogP contribution is 2.28. The third-order valence-electron chi connectivity index (χ3n) is 3.21. The first-order valence-corrected chi connectivity index (χ1v) is 6.04. The van der Waals surface area contributed by atoms with Crippen LogP contribution >= 0.6 is 0 Å². The van der Waals surface area contributed by atoms with Crippen molar-refractivity contribution in [2.24, 2.45) is 5.92 Å². The van der Waals surface area contributed by atoms with Crippen LogP contribution in [0.1, 0.15) is 32.1 Å². The molecule has 1 fully saturated rings. The van der Waals surface area contributed by atoms with Gasteiger partial charge in [-0.05, 0) is 18.8 Å². The Hall–Kier alpha value is -1.32. The van der Waals surface area contributed by atoms with Crippen molar-refractivity contribution >= 4 is 5.69 Å². The van der Waals surface area contributed by atoms with E-state index in [1.807, 2.05) is 0 Å². The Kier molecular flexibility index (Phi) is 3.82. The van der Waals surface area contributed by atoms with Gasteiger partial charge in [0, 0.05) is 17.8 Å². The van der Waals surface area contributed by atoms with E-state index in [1.54, 1.807) is 0 Å². The third-order valence-corrected chi connectivity index (χ3v) is 3.21. The lowest BCUT2D eigenvalue weighted by Gasteiger charge is -2.21. The molecule has 1 aromatic rings. The maximum Gasteiger partial charge on any atom is 0.190 e. The molecule has 0 spiro atoms. The Balaban J connectivity index is 1.98. The molecule has 1 aliphatic carbocycles. The van der Waals surface area contributed by atoms with Crippen LogP contribution in [0.4, 0.5) is 14.5 Å². The van der Waals surface area contributed by atoms with E-state index in [0.717, 1.165) is 25.0 Å². The summed E-state index contributed by atoms with van der Waals surface area (Å²) >= 11 is 0. The van der Waals surface area contributed by atoms with Gasteiger partial charge in [-0.25, -0.2) is 8.78 Å². The molecule has 0 heterocycles. The van der Waals surface area contributed by atoms with Crippen LogP contribution in [-0.4, -0.2) is 6.61 Å². The molecule has 1 aliphatic rings. The lowest BCUT2D eigenvalue weighted by molar-refractivity contribution is 0.195. The van der Waals surface area contributed by atoms with Gasteiger partial charge in [-0.15, -0.1) is 0 Å². The number of halogens is 2. The van der Waals surface area contributed by atoms with Crippen LogP contribution in [0.5, 0.6) is 5.75 Å². The number of ether oxygens (including phenoxy) is 1. The number of hydrogen-bond donors (Lipinski definition) is 1. The molecule has 1 saturated carbocycles. The first kappa shape index (κ1) is 12.1. The molecule has 0 saturated heterocycles. The van der Waals surface area contributed by atoms with Crippen LogP contribution in [0.15, 0.2) is 12.1 Å². The molecule has 2 rings (SSSR count). The second-order valence-electron chi connectivity index (χ2n) is 4.63. The summed E-state index contributed by atoms with van der Waals surface area (Å²) in [5, 5.41) is 0. The van der Waals surface area contributed by atoms with E-state index < -0.39 is 11.6 Å². The topological polar surface area (TPSA) is 35.2 Å². The minimum atomic E-state index is -0.724. The van der Waals surface area contributed by atoms with Crippen molar-refractivity contribution in [2.75, 3.05) is 12.3 Å². The van der Waals surface area contributed by atoms with E-state index in [1.165, 1.54) is 19.3 Å². The number of nitrogen functional groups attached to an aromatic ring is 1. The minimum absolute atomic E-state index is 0.0741. The van der Waals surface area contributed by atoms with E-state index in [4.69, 9.17) is 10.5 Å². The summed E-state index contributed by atoms with van der Waals surface area (Å²) in [6, 6.07) is 2.17. The lowest BCUT2D eigenvalue weighted by Crippen LogP contribution is -2.16. The van der Waals surface area contributed by atoms with Crippen molar-refractivity contribution in [3.05, 3.63) is 23.8 Å². The first-order valence-electron chi connectivity index (χ1n) is 6.04. The fourth-order valence-corrected chi connectivity index (χ4v) is 2.27. The van der Waals surface area contributed by atoms with Crippen molar-refractivity contribution in [3.8, 4) is 5.75 Å². The molecule has 0 aromatic heterocycles. The van der Waals surface area contributed by atoms with Crippen LogP contribution in [0.3, 0.4) is 0 Å². The standard InChI is InChI=1S/C13H17F2NO/c14-11-6-10(16)7-12(15)13(11)17-8-9-4-2-1-3-5-9/h6-7,9H,1-5,8,16H2. The second-order valence-corrected chi connectivity index (χ2v) is 4.63. The Morgan fingerprint density at radius 3 is 2.29 bits per heavy atom. The zero-order chi connectivity index (χ0) is 12.3. The molecule has 0 radical (unpaired) electrons. The highest BCUT2D eigenvalue weighted by molar-refractivity contribution is 5.44. The molecule has 0 bridgehead atoms. The smallest absolute Gasteiger partial charge is 0.190 e. The SMILES string of the molecule is Nc1cc(F)c(OCC2CCCCC2)c(F)c1. The molecule has 1 aromatic carbocycles. The van der Waals surface area contributed by atoms with Gasteiger partial charge in [0.1, 0.15) is 0 Å². The van der Waals surface area contributed by atoms with Crippen molar-refractivity contribution in [1.82, 2.24) is 0 Å². The number of benzene rings is 1. The van der Waals surface area contributed by atoms with Crippen molar-refractivity contribution < 1.29 is 13.5 Å². The molecule has 0 atom stereocenters. The van der Waals surface area contributed by atoms with E-state index in [2.05, 4.69) is 0 Å². The molecule has 17 heavy (non-hydrogen) atoms. The molecule has 2 nitrogen and oxygen atoms in total. The lowest BCUT2D eigenvalue weighted by atomic mass is 9.90. The first-order chi connectivity index (χ1) is 8.16. The summed E-state index contributed by atoms with van der Waals surface area (Å²) < 4.78 is 32.1. The largest absolute Gasteiger partial charge is 0.487 e. The van der Waals surface area contributed by atoms with E-state index in [9.17, 15) is 8.78 Å². The van der Waals surface area contributed by atoms with Crippen molar-refractivity contribution in [3.63, 3.8) is 0 Å². The van der Waals surface area contributed by atoms with Gasteiger partial charge in [0.2, 0.25) is 0 Å². The Labute approximate surface area is 99.8 Å². The second kappa shape index (κ2) is 5.34. The van der Waals surface area contributed by atoms with E-state index in [-0.39, 0.29) is 11.4 Å². The molecule has 0 amide bonds. The fourth-order valence-electron chi connectivity index (χ4n) is 2.27. The monoisotopic (exact) mass is 241 g/mol. The molecule has 0 aliphatic heterocycles. The summed E-state index contributed by atoms with van der Waals surface area (Å²) in [5.41, 5.74) is 5.41. The quantitative estimate of drug-likeness (QED) is 0.822. The summed E-state index contributed by atoms with van der Waals surface area (Å²) in [5.74, 6) is -1.33. The Morgan fingerprint density at radius 2 is 1.71 bits per heavy atom. The number of hydrogen-bond acceptors (Lipinski definition) is 2. The summed E-state index contributed by atoms with van der Waals surface area (Å²) in [6.45, 7) is 0.387. The average Bonchev–Trinajstić information content (AvgIpc) is 2.29. The van der Waals surface area contributed by atoms with Gasteiger partial charge in [-0.3, -0.25) is 0 Å². The zero-order valence-electron chi connectivity index (χ0n) is 9.72. The van der Waals surface area contributed by atoms with Crippen LogP contribution in [0.2, 0.25) is 0 Å². The number of rotatable bonds is 3. The van der Waals surface area contributed by atoms with Crippen LogP contribution in [0.25, 0.3) is 0 Å². The molecule has 2 N–H and O–H groups in total. The van der Waals surface area contributed by atoms with E-state index in [0.29, 0.717) is 12.5 Å². The molecule has 94 valence electrons. The predicted molar refractivity (Wildman–Crippen MR) is 62.8 cm³/mol. The van der Waals surface area contributed by atoms with Crippen molar-refractivity contribution in [1.29, 1.82) is 0 Å². The predicted octanol–water partition coefficient (Wildman–Crippen LogP) is 3.51.